The van der Waals surface area contributed by atoms with E-state index in [1.54, 1.807) is 0 Å². The number of carbonyl (C=O) groups is 1. The molecule has 11 nitrogen and oxygen atoms in total. The Morgan fingerprint density at radius 3 is 2.57 bits per heavy atom. The molecule has 0 unspecified atom stereocenters. The molecule has 1 aliphatic carbocycles. The summed E-state index contributed by atoms with van der Waals surface area (Å²) in [7, 11) is 0. The molecule has 1 amide bonds. The first-order valence-electron chi connectivity index (χ1n) is 11.6. The molecule has 35 heavy (non-hydrogen) atoms. The number of anilines is 2. The Bertz CT molecular complexity index is 1380. The number of nitrogens with zero attached hydrogens (tertiary/aromatic N) is 4. The number of hydrogen-bond acceptors (Lipinski definition) is 7. The van der Waals surface area contributed by atoms with E-state index in [1.165, 1.54) is 33.7 Å². The number of hydrogen-bond donors (Lipinski definition) is 2. The third-order valence-electron chi connectivity index (χ3n) is 6.13. The molecule has 186 valence electrons. The number of benzene rings is 1. The summed E-state index contributed by atoms with van der Waals surface area (Å²) in [5.41, 5.74) is 5.12. The fourth-order valence-electron chi connectivity index (χ4n) is 4.34. The summed E-state index contributed by atoms with van der Waals surface area (Å²) < 4.78 is 20.5. The van der Waals surface area contributed by atoms with Crippen LogP contribution in [0.3, 0.4) is 0 Å². The third kappa shape index (κ3) is 4.96. The molecule has 1 aliphatic rings. The molecule has 1 saturated carbocycles. The van der Waals surface area contributed by atoms with Gasteiger partial charge in [-0.05, 0) is 43.5 Å². The second-order valence-corrected chi connectivity index (χ2v) is 8.54. The van der Waals surface area contributed by atoms with E-state index in [2.05, 4.69) is 10.1 Å². The predicted octanol–water partition coefficient (Wildman–Crippen LogP) is 1.85. The Balaban J connectivity index is 1.71. The summed E-state index contributed by atoms with van der Waals surface area (Å²) in [5.74, 6) is -2.08. The van der Waals surface area contributed by atoms with Crippen molar-refractivity contribution in [3.05, 3.63) is 61.5 Å². The van der Waals surface area contributed by atoms with Crippen LogP contribution in [0, 0.1) is 5.82 Å². The van der Waals surface area contributed by atoms with Crippen molar-refractivity contribution in [2.75, 3.05) is 10.6 Å². The van der Waals surface area contributed by atoms with E-state index in [4.69, 9.17) is 10.2 Å². The Morgan fingerprint density at radius 1 is 1.23 bits per heavy atom. The topological polar surface area (TPSA) is 149 Å². The Labute approximate surface area is 199 Å². The van der Waals surface area contributed by atoms with E-state index in [-0.39, 0.29) is 23.4 Å². The fourth-order valence-corrected chi connectivity index (χ4v) is 4.34. The van der Waals surface area contributed by atoms with Crippen molar-refractivity contribution in [1.29, 1.82) is 0 Å². The lowest BCUT2D eigenvalue weighted by molar-refractivity contribution is -0.119. The molecule has 4 rings (SSSR count). The van der Waals surface area contributed by atoms with Crippen molar-refractivity contribution < 1.29 is 13.6 Å². The SMILES string of the molecule is CCCCn1c(N)c(N(C(=O)Cn2nc(-c3ccc(F)cc3)oc2=O)C2CCCC2)c(=O)[nH]c1=O. The molecular weight excluding hydrogens is 459 g/mol. The first-order chi connectivity index (χ1) is 16.8. The largest absolute Gasteiger partial charge is 0.437 e. The zero-order valence-electron chi connectivity index (χ0n) is 19.3. The average molecular weight is 487 g/mol. The Morgan fingerprint density at radius 2 is 1.91 bits per heavy atom. The van der Waals surface area contributed by atoms with Gasteiger partial charge in [0.25, 0.3) is 5.56 Å². The quantitative estimate of drug-likeness (QED) is 0.493. The van der Waals surface area contributed by atoms with Gasteiger partial charge in [0.05, 0.1) is 0 Å². The second kappa shape index (κ2) is 10.1. The summed E-state index contributed by atoms with van der Waals surface area (Å²) in [6.07, 6.45) is 4.48. The van der Waals surface area contributed by atoms with Gasteiger partial charge in [0, 0.05) is 18.2 Å². The highest BCUT2D eigenvalue weighted by atomic mass is 19.1. The van der Waals surface area contributed by atoms with Crippen molar-refractivity contribution in [2.24, 2.45) is 0 Å². The van der Waals surface area contributed by atoms with Crippen molar-refractivity contribution in [2.45, 2.75) is 64.6 Å². The summed E-state index contributed by atoms with van der Waals surface area (Å²) in [6, 6.07) is 4.88. The van der Waals surface area contributed by atoms with E-state index in [9.17, 15) is 23.6 Å². The number of aromatic amines is 1. The number of aromatic nitrogens is 4. The Hall–Kier alpha value is -3.96. The van der Waals surface area contributed by atoms with E-state index in [1.807, 2.05) is 6.92 Å². The van der Waals surface area contributed by atoms with Crippen LogP contribution in [0.1, 0.15) is 45.4 Å². The number of nitrogen functional groups attached to an aromatic ring is 1. The first-order valence-corrected chi connectivity index (χ1v) is 11.6. The van der Waals surface area contributed by atoms with Gasteiger partial charge >= 0.3 is 11.4 Å². The first kappa shape index (κ1) is 24.2. The van der Waals surface area contributed by atoms with Gasteiger partial charge in [0.15, 0.2) is 5.69 Å². The molecule has 3 aromatic rings. The second-order valence-electron chi connectivity index (χ2n) is 8.54. The van der Waals surface area contributed by atoms with Crippen LogP contribution >= 0.6 is 0 Å². The van der Waals surface area contributed by atoms with Gasteiger partial charge in [-0.3, -0.25) is 24.0 Å². The van der Waals surface area contributed by atoms with Crippen LogP contribution in [-0.4, -0.2) is 31.3 Å². The van der Waals surface area contributed by atoms with Gasteiger partial charge in [-0.2, -0.15) is 4.68 Å². The molecule has 1 aromatic carbocycles. The zero-order valence-corrected chi connectivity index (χ0v) is 19.3. The summed E-state index contributed by atoms with van der Waals surface area (Å²) in [4.78, 5) is 54.7. The minimum atomic E-state index is -0.876. The highest BCUT2D eigenvalue weighted by Crippen LogP contribution is 2.29. The van der Waals surface area contributed by atoms with Crippen molar-refractivity contribution >= 4 is 17.4 Å². The lowest BCUT2D eigenvalue weighted by Gasteiger charge is -2.29. The van der Waals surface area contributed by atoms with Crippen LogP contribution in [0.2, 0.25) is 0 Å². The number of H-pyrrole nitrogens is 1. The molecule has 0 saturated heterocycles. The maximum Gasteiger partial charge on any atom is 0.437 e. The number of nitrogens with two attached hydrogens (primary N) is 1. The predicted molar refractivity (Wildman–Crippen MR) is 127 cm³/mol. The molecule has 0 radical (unpaired) electrons. The summed E-state index contributed by atoms with van der Waals surface area (Å²) >= 11 is 0. The van der Waals surface area contributed by atoms with E-state index in [0.717, 1.165) is 23.9 Å². The van der Waals surface area contributed by atoms with E-state index < -0.39 is 35.3 Å². The Kier molecular flexibility index (Phi) is 6.99. The van der Waals surface area contributed by atoms with Gasteiger partial charge < -0.3 is 10.2 Å². The van der Waals surface area contributed by atoms with Crippen LogP contribution in [0.5, 0.6) is 0 Å². The fraction of sp³-hybridized carbons (Fsp3) is 0.435. The number of amides is 1. The van der Waals surface area contributed by atoms with Crippen LogP contribution in [0.15, 0.2) is 43.1 Å². The van der Waals surface area contributed by atoms with E-state index >= 15 is 0 Å². The maximum absolute atomic E-state index is 13.5. The van der Waals surface area contributed by atoms with Crippen LogP contribution in [0.25, 0.3) is 11.5 Å². The van der Waals surface area contributed by atoms with Crippen LogP contribution < -0.4 is 27.6 Å². The average Bonchev–Trinajstić information content (AvgIpc) is 3.47. The van der Waals surface area contributed by atoms with E-state index in [0.29, 0.717) is 31.4 Å². The molecule has 1 fully saturated rings. The molecule has 0 aliphatic heterocycles. The minimum Gasteiger partial charge on any atom is -0.388 e. The van der Waals surface area contributed by atoms with Gasteiger partial charge in [0.2, 0.25) is 11.8 Å². The van der Waals surface area contributed by atoms with Crippen molar-refractivity contribution in [3.63, 3.8) is 0 Å². The number of nitrogens with one attached hydrogen (secondary N) is 1. The van der Waals surface area contributed by atoms with Crippen molar-refractivity contribution in [1.82, 2.24) is 19.3 Å². The number of carbonyl (C=O) groups excluding carboxylic acids is 1. The summed E-state index contributed by atoms with van der Waals surface area (Å²) in [6.45, 7) is 1.74. The lowest BCUT2D eigenvalue weighted by atomic mass is 10.2. The maximum atomic E-state index is 13.5. The van der Waals surface area contributed by atoms with Crippen molar-refractivity contribution in [3.8, 4) is 11.5 Å². The normalized spacial score (nSPS) is 13.9. The number of unbranched alkanes of at least 4 members (excludes halogenated alkanes) is 1. The van der Waals surface area contributed by atoms with Crippen LogP contribution in [0.4, 0.5) is 15.9 Å². The molecule has 12 heteroatoms. The zero-order chi connectivity index (χ0) is 25.1. The van der Waals surface area contributed by atoms with Gasteiger partial charge in [0.1, 0.15) is 18.2 Å². The third-order valence-corrected chi connectivity index (χ3v) is 6.13. The molecule has 2 heterocycles. The minimum absolute atomic E-state index is 0.0688. The number of rotatable bonds is 8. The highest BCUT2D eigenvalue weighted by Gasteiger charge is 2.33. The highest BCUT2D eigenvalue weighted by molar-refractivity contribution is 5.96. The van der Waals surface area contributed by atoms with Gasteiger partial charge in [-0.1, -0.05) is 26.2 Å². The smallest absolute Gasteiger partial charge is 0.388 e. The monoisotopic (exact) mass is 486 g/mol. The summed E-state index contributed by atoms with van der Waals surface area (Å²) in [5, 5.41) is 4.06. The molecule has 0 atom stereocenters. The van der Waals surface area contributed by atoms with Crippen LogP contribution in [-0.2, 0) is 17.9 Å². The molecular formula is C23H27FN6O5. The lowest BCUT2D eigenvalue weighted by Crippen LogP contribution is -2.47. The molecule has 2 aromatic heterocycles. The number of halogens is 1. The standard InChI is InChI=1S/C23H27FN6O5/c1-2-3-12-28-19(25)18(20(32)26-22(28)33)30(16-6-4-5-7-16)17(31)13-29-23(34)35-21(27-29)14-8-10-15(24)11-9-14/h8-11,16H,2-7,12-13,25H2,1H3,(H,26,32,33). The van der Waals surface area contributed by atoms with Gasteiger partial charge in [-0.15, -0.1) is 5.10 Å². The molecule has 0 spiro atoms. The molecule has 3 N–H and O–H groups in total. The molecule has 0 bridgehead atoms. The van der Waals surface area contributed by atoms with Gasteiger partial charge in [-0.25, -0.2) is 14.0 Å².